The number of benzene rings is 1. The Kier molecular flexibility index (Phi) is 2.70. The minimum atomic E-state index is -0.749. The van der Waals surface area contributed by atoms with Crippen LogP contribution in [0.2, 0.25) is 0 Å². The predicted octanol–water partition coefficient (Wildman–Crippen LogP) is -0.0297. The molecule has 0 bridgehead atoms. The third-order valence-electron chi connectivity index (χ3n) is 3.30. The van der Waals surface area contributed by atoms with E-state index in [4.69, 9.17) is 9.84 Å². The zero-order valence-electron chi connectivity index (χ0n) is 9.61. The van der Waals surface area contributed by atoms with E-state index in [1.165, 1.54) is 4.57 Å². The monoisotopic (exact) mass is 250 g/mol. The predicted molar refractivity (Wildman–Crippen MR) is 64.2 cm³/mol. The highest BCUT2D eigenvalue weighted by atomic mass is 16.5. The second kappa shape index (κ2) is 4.24. The van der Waals surface area contributed by atoms with E-state index in [1.54, 1.807) is 0 Å². The number of imidazole rings is 1. The Labute approximate surface area is 102 Å². The molecule has 3 rings (SSSR count). The molecule has 3 N–H and O–H groups in total. The molecule has 6 heteroatoms. The number of aliphatic hydroxyl groups is 2. The molecule has 2 heterocycles. The summed E-state index contributed by atoms with van der Waals surface area (Å²) in [5, 5.41) is 18.8. The van der Waals surface area contributed by atoms with Gasteiger partial charge in [0.2, 0.25) is 0 Å². The van der Waals surface area contributed by atoms with Crippen LogP contribution in [0.25, 0.3) is 11.0 Å². The molecule has 2 aromatic rings. The van der Waals surface area contributed by atoms with Crippen molar-refractivity contribution in [2.75, 3.05) is 6.61 Å². The lowest BCUT2D eigenvalue weighted by atomic mass is 10.2. The minimum Gasteiger partial charge on any atom is -0.394 e. The van der Waals surface area contributed by atoms with Crippen molar-refractivity contribution in [1.82, 2.24) is 9.55 Å². The maximum Gasteiger partial charge on any atom is 0.328 e. The van der Waals surface area contributed by atoms with Crippen LogP contribution in [-0.2, 0) is 4.74 Å². The number of aliphatic hydroxyl groups excluding tert-OH is 2. The average Bonchev–Trinajstić information content (AvgIpc) is 2.88. The molecule has 6 nitrogen and oxygen atoms in total. The van der Waals surface area contributed by atoms with Gasteiger partial charge in [-0.15, -0.1) is 0 Å². The normalized spacial score (nSPS) is 28.0. The molecular formula is C12H14N2O4. The highest BCUT2D eigenvalue weighted by Crippen LogP contribution is 2.29. The summed E-state index contributed by atoms with van der Waals surface area (Å²) in [7, 11) is 0. The largest absolute Gasteiger partial charge is 0.394 e. The quantitative estimate of drug-likeness (QED) is 0.698. The van der Waals surface area contributed by atoms with Crippen molar-refractivity contribution in [3.8, 4) is 0 Å². The van der Waals surface area contributed by atoms with Gasteiger partial charge in [-0.3, -0.25) is 4.57 Å². The van der Waals surface area contributed by atoms with Gasteiger partial charge in [-0.2, -0.15) is 0 Å². The Hall–Kier alpha value is -1.63. The van der Waals surface area contributed by atoms with E-state index in [0.717, 1.165) is 11.0 Å². The number of aromatic amines is 1. The van der Waals surface area contributed by atoms with Gasteiger partial charge in [0, 0.05) is 6.42 Å². The number of fused-ring (bicyclic) bond motifs is 1. The van der Waals surface area contributed by atoms with Gasteiger partial charge in [-0.1, -0.05) is 12.1 Å². The third kappa shape index (κ3) is 1.66. The lowest BCUT2D eigenvalue weighted by Gasteiger charge is -2.13. The number of para-hydroxylation sites is 2. The van der Waals surface area contributed by atoms with Crippen molar-refractivity contribution in [3.63, 3.8) is 0 Å². The van der Waals surface area contributed by atoms with Crippen molar-refractivity contribution >= 4 is 11.0 Å². The molecule has 3 atom stereocenters. The molecular weight excluding hydrogens is 236 g/mol. The Morgan fingerprint density at radius 3 is 2.94 bits per heavy atom. The zero-order chi connectivity index (χ0) is 12.7. The standard InChI is InChI=1S/C12H14N2O4/c15-6-10-9(16)5-11(18-10)14-8-4-2-1-3-7(8)13-12(14)17/h1-4,9-11,15-16H,5-6H2,(H,13,17)/t9-,10-,11-/m1/s1. The summed E-state index contributed by atoms with van der Waals surface area (Å²) in [6, 6.07) is 7.29. The second-order valence-electron chi connectivity index (χ2n) is 4.43. The topological polar surface area (TPSA) is 87.5 Å². The van der Waals surface area contributed by atoms with Crippen LogP contribution in [0.5, 0.6) is 0 Å². The number of hydrogen-bond donors (Lipinski definition) is 3. The van der Waals surface area contributed by atoms with Gasteiger partial charge >= 0.3 is 5.69 Å². The van der Waals surface area contributed by atoms with Crippen LogP contribution in [0, 0.1) is 0 Å². The fraction of sp³-hybridized carbons (Fsp3) is 0.417. The van der Waals surface area contributed by atoms with Gasteiger partial charge in [0.25, 0.3) is 0 Å². The highest BCUT2D eigenvalue weighted by molar-refractivity contribution is 5.75. The van der Waals surface area contributed by atoms with Crippen LogP contribution in [-0.4, -0.2) is 38.6 Å². The van der Waals surface area contributed by atoms with Crippen molar-refractivity contribution in [1.29, 1.82) is 0 Å². The molecule has 1 aromatic heterocycles. The van der Waals surface area contributed by atoms with Crippen LogP contribution < -0.4 is 5.69 Å². The molecule has 1 fully saturated rings. The first kappa shape index (κ1) is 11.5. The summed E-state index contributed by atoms with van der Waals surface area (Å²) < 4.78 is 6.98. The maximum atomic E-state index is 11.9. The number of aromatic nitrogens is 2. The summed E-state index contributed by atoms with van der Waals surface area (Å²) in [4.78, 5) is 14.6. The van der Waals surface area contributed by atoms with E-state index in [-0.39, 0.29) is 12.3 Å². The number of nitrogens with one attached hydrogen (secondary N) is 1. The van der Waals surface area contributed by atoms with E-state index in [1.807, 2.05) is 24.3 Å². The van der Waals surface area contributed by atoms with E-state index >= 15 is 0 Å². The Morgan fingerprint density at radius 1 is 1.44 bits per heavy atom. The van der Waals surface area contributed by atoms with Crippen molar-refractivity contribution in [2.24, 2.45) is 0 Å². The second-order valence-corrected chi connectivity index (χ2v) is 4.43. The van der Waals surface area contributed by atoms with Crippen LogP contribution in [0.3, 0.4) is 0 Å². The van der Waals surface area contributed by atoms with Gasteiger partial charge in [0.15, 0.2) is 0 Å². The summed E-state index contributed by atoms with van der Waals surface area (Å²) >= 11 is 0. The SMILES string of the molecule is O=c1[nH]c2ccccc2n1[C@H]1C[C@@H](O)[C@@H](CO)O1. The fourth-order valence-corrected chi connectivity index (χ4v) is 2.40. The maximum absolute atomic E-state index is 11.9. The van der Waals surface area contributed by atoms with Crippen LogP contribution in [0.4, 0.5) is 0 Å². The van der Waals surface area contributed by atoms with Crippen LogP contribution >= 0.6 is 0 Å². The number of H-pyrrole nitrogens is 1. The van der Waals surface area contributed by atoms with Gasteiger partial charge in [0.05, 0.1) is 23.7 Å². The van der Waals surface area contributed by atoms with Gasteiger partial charge in [-0.05, 0) is 12.1 Å². The lowest BCUT2D eigenvalue weighted by Crippen LogP contribution is -2.25. The molecule has 0 amide bonds. The number of rotatable bonds is 2. The molecule has 0 radical (unpaired) electrons. The van der Waals surface area contributed by atoms with E-state index in [2.05, 4.69) is 4.98 Å². The summed E-state index contributed by atoms with van der Waals surface area (Å²) in [5.41, 5.74) is 1.19. The average molecular weight is 250 g/mol. The molecule has 0 saturated carbocycles. The minimum absolute atomic E-state index is 0.255. The lowest BCUT2D eigenvalue weighted by molar-refractivity contribution is -0.0440. The Balaban J connectivity index is 2.05. The zero-order valence-corrected chi connectivity index (χ0v) is 9.61. The number of nitrogens with zero attached hydrogens (tertiary/aromatic N) is 1. The molecule has 0 unspecified atom stereocenters. The molecule has 96 valence electrons. The molecule has 1 aliphatic rings. The van der Waals surface area contributed by atoms with Gasteiger partial charge in [0.1, 0.15) is 12.3 Å². The molecule has 0 aliphatic carbocycles. The smallest absolute Gasteiger partial charge is 0.328 e. The van der Waals surface area contributed by atoms with E-state index < -0.39 is 18.4 Å². The number of ether oxygens (including phenoxy) is 1. The summed E-state index contributed by atoms with van der Waals surface area (Å²) in [5.74, 6) is 0. The first-order valence-corrected chi connectivity index (χ1v) is 5.84. The summed E-state index contributed by atoms with van der Waals surface area (Å²) in [6.45, 7) is -0.255. The molecule has 0 spiro atoms. The molecule has 1 saturated heterocycles. The molecule has 1 aromatic carbocycles. The van der Waals surface area contributed by atoms with Crippen molar-refractivity contribution in [3.05, 3.63) is 34.7 Å². The van der Waals surface area contributed by atoms with E-state index in [9.17, 15) is 9.90 Å². The van der Waals surface area contributed by atoms with Crippen molar-refractivity contribution < 1.29 is 14.9 Å². The molecule has 1 aliphatic heterocycles. The third-order valence-corrected chi connectivity index (χ3v) is 3.30. The van der Waals surface area contributed by atoms with Gasteiger partial charge in [-0.25, -0.2) is 4.79 Å². The highest BCUT2D eigenvalue weighted by Gasteiger charge is 2.35. The summed E-state index contributed by atoms with van der Waals surface area (Å²) in [6.07, 6.45) is -1.62. The first-order valence-electron chi connectivity index (χ1n) is 5.84. The van der Waals surface area contributed by atoms with E-state index in [0.29, 0.717) is 6.42 Å². The molecule has 18 heavy (non-hydrogen) atoms. The Bertz CT molecular complexity index is 618. The fourth-order valence-electron chi connectivity index (χ4n) is 2.40. The van der Waals surface area contributed by atoms with Crippen molar-refractivity contribution in [2.45, 2.75) is 24.9 Å². The van der Waals surface area contributed by atoms with Gasteiger partial charge < -0.3 is 19.9 Å². The van der Waals surface area contributed by atoms with Crippen LogP contribution in [0.1, 0.15) is 12.6 Å². The van der Waals surface area contributed by atoms with Crippen LogP contribution in [0.15, 0.2) is 29.1 Å². The Morgan fingerprint density at radius 2 is 2.22 bits per heavy atom. The first-order chi connectivity index (χ1) is 8.70. The number of hydrogen-bond acceptors (Lipinski definition) is 4.